The van der Waals surface area contributed by atoms with Crippen LogP contribution in [0.25, 0.3) is 0 Å². The van der Waals surface area contributed by atoms with Gasteiger partial charge in [0.1, 0.15) is 6.04 Å². The number of carbonyl (C=O) groups excluding carboxylic acids is 2. The Balaban J connectivity index is 1.55. The molecule has 0 spiro atoms. The van der Waals surface area contributed by atoms with Crippen molar-refractivity contribution in [1.82, 2.24) is 5.32 Å². The lowest BCUT2D eigenvalue weighted by molar-refractivity contribution is -0.129. The van der Waals surface area contributed by atoms with E-state index in [1.165, 1.54) is 12.8 Å². The smallest absolute Gasteiger partial charge is 0.246 e. The summed E-state index contributed by atoms with van der Waals surface area (Å²) in [6, 6.07) is 7.29. The second-order valence-corrected chi connectivity index (χ2v) is 6.52. The van der Waals surface area contributed by atoms with E-state index in [0.717, 1.165) is 30.9 Å². The summed E-state index contributed by atoms with van der Waals surface area (Å²) in [5, 5.41) is 5.66. The van der Waals surface area contributed by atoms with Crippen LogP contribution >= 0.6 is 0 Å². The monoisotopic (exact) mass is 331 g/mol. The molecule has 24 heavy (non-hydrogen) atoms. The van der Waals surface area contributed by atoms with Crippen molar-refractivity contribution in [2.24, 2.45) is 5.92 Å². The zero-order valence-electron chi connectivity index (χ0n) is 14.1. The number of nitrogens with one attached hydrogen (secondary N) is 2. The van der Waals surface area contributed by atoms with Gasteiger partial charge in [0.15, 0.2) is 0 Å². The molecule has 2 aliphatic rings. The quantitative estimate of drug-likeness (QED) is 0.863. The zero-order chi connectivity index (χ0) is 16.9. The third-order valence-corrected chi connectivity index (χ3v) is 4.64. The molecule has 6 heteroatoms. The van der Waals surface area contributed by atoms with Crippen LogP contribution in [0.2, 0.25) is 0 Å². The summed E-state index contributed by atoms with van der Waals surface area (Å²) in [7, 11) is 0. The Morgan fingerprint density at radius 2 is 2.08 bits per heavy atom. The van der Waals surface area contributed by atoms with Gasteiger partial charge in [-0.1, -0.05) is 6.07 Å². The number of nitrogens with zero attached hydrogens (tertiary/aromatic N) is 1. The highest BCUT2D eigenvalue weighted by atomic mass is 16.5. The van der Waals surface area contributed by atoms with E-state index in [4.69, 9.17) is 4.74 Å². The van der Waals surface area contributed by atoms with E-state index >= 15 is 0 Å². The van der Waals surface area contributed by atoms with Crippen LogP contribution < -0.4 is 15.5 Å². The molecular formula is C18H25N3O3. The molecule has 1 aromatic carbocycles. The lowest BCUT2D eigenvalue weighted by Gasteiger charge is -2.19. The average molecular weight is 331 g/mol. The fourth-order valence-corrected chi connectivity index (χ4v) is 3.14. The minimum Gasteiger partial charge on any atom is -0.381 e. The number of rotatable bonds is 5. The van der Waals surface area contributed by atoms with E-state index in [1.807, 2.05) is 18.2 Å². The van der Waals surface area contributed by atoms with E-state index in [2.05, 4.69) is 21.6 Å². The van der Waals surface area contributed by atoms with E-state index in [-0.39, 0.29) is 17.7 Å². The third kappa shape index (κ3) is 4.06. The molecule has 0 bridgehead atoms. The maximum absolute atomic E-state index is 12.3. The number of anilines is 2. The summed E-state index contributed by atoms with van der Waals surface area (Å²) in [4.78, 5) is 26.7. The molecular weight excluding hydrogens is 306 g/mol. The molecule has 2 atom stereocenters. The molecule has 2 heterocycles. The van der Waals surface area contributed by atoms with Crippen molar-refractivity contribution in [2.45, 2.75) is 32.2 Å². The second-order valence-electron chi connectivity index (χ2n) is 6.52. The zero-order valence-corrected chi connectivity index (χ0v) is 14.1. The van der Waals surface area contributed by atoms with Crippen LogP contribution in [0.5, 0.6) is 0 Å². The first-order valence-corrected chi connectivity index (χ1v) is 8.67. The van der Waals surface area contributed by atoms with Crippen LogP contribution in [0.15, 0.2) is 24.3 Å². The van der Waals surface area contributed by atoms with Gasteiger partial charge in [0, 0.05) is 31.1 Å². The predicted octanol–water partition coefficient (Wildman–Crippen LogP) is 1.77. The van der Waals surface area contributed by atoms with Crippen LogP contribution in [-0.2, 0) is 14.3 Å². The first kappa shape index (κ1) is 16.8. The van der Waals surface area contributed by atoms with Crippen molar-refractivity contribution >= 4 is 23.2 Å². The number of amides is 2. The fourth-order valence-electron chi connectivity index (χ4n) is 3.14. The summed E-state index contributed by atoms with van der Waals surface area (Å²) >= 11 is 0. The fraction of sp³-hybridized carbons (Fsp3) is 0.556. The van der Waals surface area contributed by atoms with E-state index in [1.54, 1.807) is 6.92 Å². The third-order valence-electron chi connectivity index (χ3n) is 4.64. The van der Waals surface area contributed by atoms with Crippen LogP contribution in [-0.4, -0.2) is 44.2 Å². The van der Waals surface area contributed by atoms with E-state index in [0.29, 0.717) is 13.2 Å². The van der Waals surface area contributed by atoms with Gasteiger partial charge in [0.2, 0.25) is 11.8 Å². The first-order chi connectivity index (χ1) is 11.6. The maximum atomic E-state index is 12.3. The summed E-state index contributed by atoms with van der Waals surface area (Å²) in [5.41, 5.74) is 1.89. The molecule has 130 valence electrons. The molecule has 0 aliphatic carbocycles. The Morgan fingerprint density at radius 3 is 2.79 bits per heavy atom. The van der Waals surface area contributed by atoms with Crippen LogP contribution in [0.1, 0.15) is 26.2 Å². The van der Waals surface area contributed by atoms with Gasteiger partial charge in [-0.25, -0.2) is 0 Å². The molecule has 6 nitrogen and oxygen atoms in total. The summed E-state index contributed by atoms with van der Waals surface area (Å²) in [5.74, 6) is -0.458. The number of benzene rings is 1. The SMILES string of the molecule is CC(NC(=O)C1CCOC1)C(=O)Nc1cccc(N2CCCC2)c1. The first-order valence-electron chi connectivity index (χ1n) is 8.67. The Kier molecular flexibility index (Phi) is 5.35. The summed E-state index contributed by atoms with van der Waals surface area (Å²) in [6.45, 7) is 4.88. The minimum absolute atomic E-state index is 0.110. The molecule has 2 N–H and O–H groups in total. The Bertz CT molecular complexity index is 593. The van der Waals surface area contributed by atoms with Crippen molar-refractivity contribution in [3.8, 4) is 0 Å². The maximum Gasteiger partial charge on any atom is 0.246 e. The average Bonchev–Trinajstić information content (AvgIpc) is 3.28. The molecule has 2 fully saturated rings. The Morgan fingerprint density at radius 1 is 1.29 bits per heavy atom. The van der Waals surface area contributed by atoms with Gasteiger partial charge < -0.3 is 20.3 Å². The van der Waals surface area contributed by atoms with Gasteiger partial charge in [-0.3, -0.25) is 9.59 Å². The normalized spacial score (nSPS) is 21.5. The van der Waals surface area contributed by atoms with Crippen LogP contribution in [0.4, 0.5) is 11.4 Å². The summed E-state index contributed by atoms with van der Waals surface area (Å²) in [6.07, 6.45) is 3.15. The predicted molar refractivity (Wildman–Crippen MR) is 93.0 cm³/mol. The molecule has 2 unspecified atom stereocenters. The number of hydrogen-bond acceptors (Lipinski definition) is 4. The molecule has 0 saturated carbocycles. The van der Waals surface area contributed by atoms with Crippen molar-refractivity contribution in [1.29, 1.82) is 0 Å². The molecule has 1 aromatic rings. The van der Waals surface area contributed by atoms with Gasteiger partial charge >= 0.3 is 0 Å². The van der Waals surface area contributed by atoms with Crippen molar-refractivity contribution in [2.75, 3.05) is 36.5 Å². The molecule has 2 amide bonds. The second kappa shape index (κ2) is 7.66. The Labute approximate surface area is 142 Å². The lowest BCUT2D eigenvalue weighted by Crippen LogP contribution is -2.44. The lowest BCUT2D eigenvalue weighted by atomic mass is 10.1. The topological polar surface area (TPSA) is 70.7 Å². The van der Waals surface area contributed by atoms with Crippen molar-refractivity contribution in [3.63, 3.8) is 0 Å². The van der Waals surface area contributed by atoms with E-state index in [9.17, 15) is 9.59 Å². The van der Waals surface area contributed by atoms with Crippen molar-refractivity contribution in [3.05, 3.63) is 24.3 Å². The van der Waals surface area contributed by atoms with Crippen LogP contribution in [0, 0.1) is 5.92 Å². The van der Waals surface area contributed by atoms with Gasteiger partial charge in [-0.05, 0) is 44.4 Å². The number of carbonyl (C=O) groups is 2. The minimum atomic E-state index is -0.575. The molecule has 0 radical (unpaired) electrons. The van der Waals surface area contributed by atoms with Gasteiger partial charge in [-0.15, -0.1) is 0 Å². The number of ether oxygens (including phenoxy) is 1. The van der Waals surface area contributed by atoms with Gasteiger partial charge in [0.25, 0.3) is 0 Å². The standard InChI is InChI=1S/C18H25N3O3/c1-13(19-18(23)14-7-10-24-12-14)17(22)20-15-5-4-6-16(11-15)21-8-2-3-9-21/h4-6,11,13-14H,2-3,7-10,12H2,1H3,(H,19,23)(H,20,22). The van der Waals surface area contributed by atoms with Crippen molar-refractivity contribution < 1.29 is 14.3 Å². The van der Waals surface area contributed by atoms with Gasteiger partial charge in [0.05, 0.1) is 12.5 Å². The summed E-state index contributed by atoms with van der Waals surface area (Å²) < 4.78 is 5.21. The number of hydrogen-bond donors (Lipinski definition) is 2. The highest BCUT2D eigenvalue weighted by Crippen LogP contribution is 2.23. The molecule has 3 rings (SSSR count). The van der Waals surface area contributed by atoms with Gasteiger partial charge in [-0.2, -0.15) is 0 Å². The molecule has 0 aromatic heterocycles. The highest BCUT2D eigenvalue weighted by Gasteiger charge is 2.26. The highest BCUT2D eigenvalue weighted by molar-refractivity contribution is 5.97. The molecule has 2 aliphatic heterocycles. The largest absolute Gasteiger partial charge is 0.381 e. The van der Waals surface area contributed by atoms with E-state index < -0.39 is 6.04 Å². The molecule has 2 saturated heterocycles. The van der Waals surface area contributed by atoms with Crippen LogP contribution in [0.3, 0.4) is 0 Å². The Hall–Kier alpha value is -2.08.